The van der Waals surface area contributed by atoms with Crippen molar-refractivity contribution in [2.24, 2.45) is 5.10 Å². The van der Waals surface area contributed by atoms with Gasteiger partial charge in [-0.25, -0.2) is 5.43 Å². The number of rotatable bonds is 17. The van der Waals surface area contributed by atoms with Crippen molar-refractivity contribution in [2.45, 2.75) is 110 Å². The Morgan fingerprint density at radius 2 is 1.32 bits per heavy atom. The van der Waals surface area contributed by atoms with Crippen LogP contribution in [0.1, 0.15) is 110 Å². The molecule has 0 fully saturated rings. The normalized spacial score (nSPS) is 12.1. The second-order valence-electron chi connectivity index (χ2n) is 7.86. The molecule has 1 aromatic heterocycles. The number of hydrogen-bond acceptors (Lipinski definition) is 8. The van der Waals surface area contributed by atoms with Crippen LogP contribution >= 0.6 is 0 Å². The van der Waals surface area contributed by atoms with Gasteiger partial charge >= 0.3 is 0 Å². The number of carbonyl (C=O) groups is 1. The van der Waals surface area contributed by atoms with Crippen molar-refractivity contribution in [2.75, 3.05) is 5.23 Å². The predicted octanol–water partition coefficient (Wildman–Crippen LogP) is 2.67. The molecule has 1 aromatic rings. The standard InChI is InChI=1S/C18H36O2.C4H5N7/c1-2-3-4-5-6-7-8-9-10-11-12-13-14-15-16-17-18(19)20;1-2-6-10(7-3-1)11-8-4-5-9-11/h2-17H2,1H3,(H,19,20);1-4H,(H,6,7). The SMILES string of the molecule is C1=NNN([n+]2ncccn2)N1.CCCCCCCCCCCCCCCCCC(=O)[O-]. The van der Waals surface area contributed by atoms with Crippen LogP contribution in [-0.2, 0) is 4.79 Å². The van der Waals surface area contributed by atoms with E-state index in [-0.39, 0.29) is 6.42 Å². The molecule has 0 radical (unpaired) electrons. The number of nitrogens with zero attached hydrogens (tertiary/aromatic N) is 5. The molecule has 1 aliphatic rings. The van der Waals surface area contributed by atoms with Gasteiger partial charge in [0.25, 0.3) is 0 Å². The maximum absolute atomic E-state index is 10.2. The molecule has 0 saturated carbocycles. The largest absolute Gasteiger partial charge is 0.550 e. The molecule has 0 spiro atoms. The quantitative estimate of drug-likeness (QED) is 0.286. The Labute approximate surface area is 187 Å². The number of nitrogens with one attached hydrogen (secondary N) is 2. The molecule has 9 nitrogen and oxygen atoms in total. The monoisotopic (exact) mass is 435 g/mol. The average Bonchev–Trinajstić information content (AvgIpc) is 3.32. The summed E-state index contributed by atoms with van der Waals surface area (Å²) in [4.78, 5) is 11.5. The Bertz CT molecular complexity index is 564. The van der Waals surface area contributed by atoms with Gasteiger partial charge in [-0.1, -0.05) is 96.8 Å². The minimum Gasteiger partial charge on any atom is -0.550 e. The summed E-state index contributed by atoms with van der Waals surface area (Å²) >= 11 is 0. The Hall–Kier alpha value is -2.45. The third kappa shape index (κ3) is 16.0. The predicted molar refractivity (Wildman–Crippen MR) is 120 cm³/mol. The number of unbranched alkanes of at least 4 members (excludes halogenated alkanes) is 14. The first-order valence-corrected chi connectivity index (χ1v) is 12.0. The number of aliphatic carboxylic acids is 1. The zero-order valence-corrected chi connectivity index (χ0v) is 19.2. The van der Waals surface area contributed by atoms with Crippen LogP contribution < -0.4 is 26.2 Å². The van der Waals surface area contributed by atoms with Crippen molar-refractivity contribution in [1.29, 1.82) is 0 Å². The smallest absolute Gasteiger partial charge is 0.195 e. The first-order valence-electron chi connectivity index (χ1n) is 12.0. The summed E-state index contributed by atoms with van der Waals surface area (Å²) in [7, 11) is 0. The molecule has 0 aliphatic carbocycles. The summed E-state index contributed by atoms with van der Waals surface area (Å²) in [6.45, 7) is 2.27. The lowest BCUT2D eigenvalue weighted by molar-refractivity contribution is -0.812. The van der Waals surface area contributed by atoms with Crippen LogP contribution in [-0.4, -0.2) is 22.5 Å². The minimum atomic E-state index is -0.903. The van der Waals surface area contributed by atoms with E-state index in [0.717, 1.165) is 12.8 Å². The number of hydrazone groups is 1. The summed E-state index contributed by atoms with van der Waals surface area (Å²) in [6, 6.07) is 1.73. The highest BCUT2D eigenvalue weighted by Crippen LogP contribution is 2.13. The third-order valence-corrected chi connectivity index (χ3v) is 5.07. The van der Waals surface area contributed by atoms with Crippen LogP contribution in [0.2, 0.25) is 0 Å². The molecule has 2 heterocycles. The number of hydrogen-bond donors (Lipinski definition) is 2. The molecule has 2 N–H and O–H groups in total. The molecule has 2 rings (SSSR count). The Balaban J connectivity index is 0.000000361. The van der Waals surface area contributed by atoms with Crippen molar-refractivity contribution in [3.63, 3.8) is 0 Å². The summed E-state index contributed by atoms with van der Waals surface area (Å²) in [5, 5.41) is 23.1. The van der Waals surface area contributed by atoms with Crippen LogP contribution in [0.15, 0.2) is 23.6 Å². The highest BCUT2D eigenvalue weighted by atomic mass is 16.4. The number of aromatic nitrogens is 3. The van der Waals surface area contributed by atoms with E-state index in [1.54, 1.807) is 18.5 Å². The van der Waals surface area contributed by atoms with E-state index in [9.17, 15) is 9.90 Å². The molecule has 0 unspecified atom stereocenters. The molecule has 9 heteroatoms. The van der Waals surface area contributed by atoms with Crippen molar-refractivity contribution in [1.82, 2.24) is 21.2 Å². The maximum Gasteiger partial charge on any atom is 0.195 e. The molecule has 31 heavy (non-hydrogen) atoms. The maximum atomic E-state index is 10.2. The summed E-state index contributed by atoms with van der Waals surface area (Å²) in [5.74, 6) is -0.903. The van der Waals surface area contributed by atoms with Gasteiger partial charge in [0.1, 0.15) is 18.7 Å². The number of hydrazine groups is 2. The third-order valence-electron chi connectivity index (χ3n) is 5.07. The number of carboxylic acid groups (broad SMARTS) is 1. The van der Waals surface area contributed by atoms with Gasteiger partial charge in [-0.2, -0.15) is 0 Å². The van der Waals surface area contributed by atoms with Gasteiger partial charge in [-0.05, 0) is 18.9 Å². The first kappa shape index (κ1) is 26.6. The van der Waals surface area contributed by atoms with Crippen LogP contribution in [0.3, 0.4) is 0 Å². The Morgan fingerprint density at radius 3 is 1.74 bits per heavy atom. The van der Waals surface area contributed by atoms with Crippen LogP contribution in [0.4, 0.5) is 0 Å². The van der Waals surface area contributed by atoms with Gasteiger partial charge in [0, 0.05) is 5.97 Å². The number of carbonyl (C=O) groups excluding carboxylic acids is 1. The van der Waals surface area contributed by atoms with Crippen LogP contribution in [0, 0.1) is 0 Å². The van der Waals surface area contributed by atoms with Crippen molar-refractivity contribution < 1.29 is 14.8 Å². The number of carboxylic acids is 1. The summed E-state index contributed by atoms with van der Waals surface area (Å²) in [5.41, 5.74) is 5.34. The minimum absolute atomic E-state index is 0.234. The lowest BCUT2D eigenvalue weighted by Crippen LogP contribution is -2.70. The van der Waals surface area contributed by atoms with E-state index in [0.29, 0.717) is 0 Å². The lowest BCUT2D eigenvalue weighted by Gasteiger charge is -2.04. The zero-order chi connectivity index (χ0) is 22.4. The fourth-order valence-corrected chi connectivity index (χ4v) is 3.30. The zero-order valence-electron chi connectivity index (χ0n) is 19.2. The van der Waals surface area contributed by atoms with Crippen molar-refractivity contribution in [3.05, 3.63) is 18.5 Å². The first-order chi connectivity index (χ1) is 15.2. The fraction of sp³-hybridized carbons (Fsp3) is 0.773. The van der Waals surface area contributed by atoms with E-state index in [4.69, 9.17) is 0 Å². The second-order valence-corrected chi connectivity index (χ2v) is 7.86. The fourth-order valence-electron chi connectivity index (χ4n) is 3.30. The van der Waals surface area contributed by atoms with E-state index in [1.807, 2.05) is 0 Å². The molecule has 0 saturated heterocycles. The highest BCUT2D eigenvalue weighted by Gasteiger charge is 2.17. The molecular formula is C22H41N7O2. The average molecular weight is 436 g/mol. The van der Waals surface area contributed by atoms with Gasteiger partial charge in [0.15, 0.2) is 4.91 Å². The van der Waals surface area contributed by atoms with Gasteiger partial charge in [0.05, 0.1) is 15.4 Å². The van der Waals surface area contributed by atoms with Gasteiger partial charge in [0.2, 0.25) is 0 Å². The van der Waals surface area contributed by atoms with E-state index >= 15 is 0 Å². The molecular weight excluding hydrogens is 394 g/mol. The summed E-state index contributed by atoms with van der Waals surface area (Å²) < 4.78 is 0. The van der Waals surface area contributed by atoms with Gasteiger partial charge in [-0.3, -0.25) is 0 Å². The molecule has 176 valence electrons. The van der Waals surface area contributed by atoms with Crippen LogP contribution in [0.25, 0.3) is 0 Å². The molecule has 1 aliphatic heterocycles. The molecule has 0 amide bonds. The van der Waals surface area contributed by atoms with Crippen molar-refractivity contribution >= 4 is 12.3 Å². The Morgan fingerprint density at radius 1 is 0.839 bits per heavy atom. The van der Waals surface area contributed by atoms with Crippen molar-refractivity contribution in [3.8, 4) is 0 Å². The van der Waals surface area contributed by atoms with E-state index in [1.165, 1.54) is 99.9 Å². The Kier molecular flexibility index (Phi) is 16.7. The molecule has 0 aromatic carbocycles. The second kappa shape index (κ2) is 19.5. The summed E-state index contributed by atoms with van der Waals surface area (Å²) in [6.07, 6.45) is 24.6. The van der Waals surface area contributed by atoms with Gasteiger partial charge < -0.3 is 9.90 Å². The van der Waals surface area contributed by atoms with E-state index < -0.39 is 5.97 Å². The lowest BCUT2D eigenvalue weighted by atomic mass is 10.0. The topological polar surface area (TPSA) is 109 Å². The molecule has 0 bridgehead atoms. The highest BCUT2D eigenvalue weighted by molar-refractivity contribution is 5.64. The molecule has 0 atom stereocenters. The van der Waals surface area contributed by atoms with Crippen LogP contribution in [0.5, 0.6) is 0 Å². The van der Waals surface area contributed by atoms with E-state index in [2.05, 4.69) is 33.2 Å². The van der Waals surface area contributed by atoms with Gasteiger partial charge in [-0.15, -0.1) is 10.6 Å².